The molecule has 0 atom stereocenters. The van der Waals surface area contributed by atoms with E-state index in [1.807, 2.05) is 17.5 Å². The lowest BCUT2D eigenvalue weighted by molar-refractivity contribution is -0.146. The Morgan fingerprint density at radius 2 is 2.11 bits per heavy atom. The van der Waals surface area contributed by atoms with Gasteiger partial charge in [0.25, 0.3) is 5.78 Å². The summed E-state index contributed by atoms with van der Waals surface area (Å²) in [6.07, 6.45) is 1.90. The molecule has 0 unspecified atom stereocenters. The summed E-state index contributed by atoms with van der Waals surface area (Å²) in [7, 11) is 0. The maximum Gasteiger partial charge on any atom is 0.376 e. The molecule has 2 aromatic rings. The predicted octanol–water partition coefficient (Wildman–Crippen LogP) is 2.56. The van der Waals surface area contributed by atoms with Crippen molar-refractivity contribution in [3.8, 4) is 10.6 Å². The molecule has 0 amide bonds. The Labute approximate surface area is 106 Å². The summed E-state index contributed by atoms with van der Waals surface area (Å²) in [6, 6.07) is 5.23. The number of aliphatic hydroxyl groups excluding tert-OH is 1. The lowest BCUT2D eigenvalue weighted by atomic mass is 10.2. The Morgan fingerprint density at radius 3 is 2.72 bits per heavy atom. The number of thiophene rings is 1. The molecule has 0 aliphatic rings. The van der Waals surface area contributed by atoms with Crippen molar-refractivity contribution in [2.45, 2.75) is 0 Å². The molecule has 92 valence electrons. The number of furan rings is 1. The fourth-order valence-corrected chi connectivity index (χ4v) is 1.97. The highest BCUT2D eigenvalue weighted by atomic mass is 32.1. The molecule has 0 aromatic carbocycles. The Hall–Kier alpha value is -2.34. The van der Waals surface area contributed by atoms with E-state index in [2.05, 4.69) is 0 Å². The van der Waals surface area contributed by atoms with Crippen molar-refractivity contribution in [3.63, 3.8) is 0 Å². The van der Waals surface area contributed by atoms with Crippen LogP contribution in [-0.2, 0) is 9.59 Å². The molecule has 0 radical (unpaired) electrons. The van der Waals surface area contributed by atoms with Crippen molar-refractivity contribution in [3.05, 3.63) is 41.5 Å². The Bertz CT molecular complexity index is 606. The highest BCUT2D eigenvalue weighted by Crippen LogP contribution is 2.28. The minimum Gasteiger partial charge on any atom is -0.507 e. The topological polar surface area (TPSA) is 87.7 Å². The molecule has 2 N–H and O–H groups in total. The number of aliphatic hydroxyl groups is 1. The Morgan fingerprint density at radius 1 is 1.33 bits per heavy atom. The number of aliphatic carboxylic acids is 1. The van der Waals surface area contributed by atoms with Gasteiger partial charge in [0.1, 0.15) is 17.8 Å². The number of hydrogen-bond acceptors (Lipinski definition) is 5. The molecule has 0 aliphatic carbocycles. The Kier molecular flexibility index (Phi) is 3.29. The summed E-state index contributed by atoms with van der Waals surface area (Å²) in [6.45, 7) is 0. The van der Waals surface area contributed by atoms with Gasteiger partial charge in [-0.2, -0.15) is 0 Å². The molecule has 2 heterocycles. The van der Waals surface area contributed by atoms with E-state index in [9.17, 15) is 14.7 Å². The van der Waals surface area contributed by atoms with Gasteiger partial charge >= 0.3 is 5.97 Å². The van der Waals surface area contributed by atoms with Crippen LogP contribution in [0.4, 0.5) is 0 Å². The number of carboxylic acids is 1. The summed E-state index contributed by atoms with van der Waals surface area (Å²) in [5.74, 6) is -2.70. The van der Waals surface area contributed by atoms with Crippen LogP contribution in [0.15, 0.2) is 40.3 Å². The number of rotatable bonds is 4. The second kappa shape index (κ2) is 4.89. The van der Waals surface area contributed by atoms with Gasteiger partial charge in [-0.1, -0.05) is 6.07 Å². The molecule has 18 heavy (non-hydrogen) atoms. The summed E-state index contributed by atoms with van der Waals surface area (Å²) in [5.41, 5.74) is 0.257. The van der Waals surface area contributed by atoms with Crippen LogP contribution in [0.3, 0.4) is 0 Å². The van der Waals surface area contributed by atoms with Crippen molar-refractivity contribution in [1.82, 2.24) is 0 Å². The van der Waals surface area contributed by atoms with Gasteiger partial charge in [-0.05, 0) is 17.5 Å². The molecule has 0 spiro atoms. The van der Waals surface area contributed by atoms with E-state index in [0.717, 1.165) is 4.88 Å². The van der Waals surface area contributed by atoms with Crippen LogP contribution in [0, 0.1) is 0 Å². The Balaban J connectivity index is 2.25. The van der Waals surface area contributed by atoms with Crippen molar-refractivity contribution < 1.29 is 24.2 Å². The second-order valence-electron chi connectivity index (χ2n) is 3.38. The summed E-state index contributed by atoms with van der Waals surface area (Å²) < 4.78 is 5.22. The minimum absolute atomic E-state index is 0.257. The third-order valence-corrected chi connectivity index (χ3v) is 3.02. The van der Waals surface area contributed by atoms with Gasteiger partial charge in [-0.3, -0.25) is 4.79 Å². The second-order valence-corrected chi connectivity index (χ2v) is 4.32. The number of hydrogen-bond donors (Lipinski definition) is 2. The third-order valence-electron chi connectivity index (χ3n) is 2.14. The number of carboxylic acid groups (broad SMARTS) is 1. The molecule has 0 bridgehead atoms. The van der Waals surface area contributed by atoms with Crippen molar-refractivity contribution in [2.75, 3.05) is 0 Å². The average molecular weight is 264 g/mol. The molecule has 0 saturated carbocycles. The number of carbonyl (C=O) groups excluding carboxylic acids is 1. The SMILES string of the molecule is O=C(O)C(=O)C=C(O)c1coc(-c2cccs2)c1. The van der Waals surface area contributed by atoms with E-state index in [4.69, 9.17) is 9.52 Å². The highest BCUT2D eigenvalue weighted by molar-refractivity contribution is 7.13. The van der Waals surface area contributed by atoms with Crippen molar-refractivity contribution in [1.29, 1.82) is 0 Å². The fourth-order valence-electron chi connectivity index (χ4n) is 1.29. The first kappa shape index (κ1) is 12.1. The summed E-state index contributed by atoms with van der Waals surface area (Å²) >= 11 is 1.46. The van der Waals surface area contributed by atoms with Gasteiger partial charge in [-0.15, -0.1) is 11.3 Å². The van der Waals surface area contributed by atoms with Gasteiger partial charge in [-0.25, -0.2) is 4.79 Å². The molecule has 0 fully saturated rings. The van der Waals surface area contributed by atoms with Crippen LogP contribution < -0.4 is 0 Å². The van der Waals surface area contributed by atoms with Crippen LogP contribution in [0.5, 0.6) is 0 Å². The highest BCUT2D eigenvalue weighted by Gasteiger charge is 2.13. The first-order valence-electron chi connectivity index (χ1n) is 4.88. The normalized spacial score (nSPS) is 11.4. The van der Waals surface area contributed by atoms with Gasteiger partial charge in [0.15, 0.2) is 0 Å². The summed E-state index contributed by atoms with van der Waals surface area (Å²) in [4.78, 5) is 22.1. The molecule has 5 nitrogen and oxygen atoms in total. The van der Waals surface area contributed by atoms with Crippen LogP contribution >= 0.6 is 11.3 Å². The minimum atomic E-state index is -1.62. The van der Waals surface area contributed by atoms with Gasteiger partial charge in [0, 0.05) is 6.08 Å². The maximum atomic E-state index is 10.9. The average Bonchev–Trinajstić information content (AvgIpc) is 2.99. The molecule has 2 aromatic heterocycles. The molecule has 2 rings (SSSR count). The first-order valence-corrected chi connectivity index (χ1v) is 5.76. The zero-order chi connectivity index (χ0) is 13.1. The van der Waals surface area contributed by atoms with E-state index >= 15 is 0 Å². The largest absolute Gasteiger partial charge is 0.507 e. The van der Waals surface area contributed by atoms with Crippen LogP contribution in [0.25, 0.3) is 16.4 Å². The van der Waals surface area contributed by atoms with Crippen LogP contribution in [0.2, 0.25) is 0 Å². The van der Waals surface area contributed by atoms with Gasteiger partial charge < -0.3 is 14.6 Å². The van der Waals surface area contributed by atoms with E-state index in [-0.39, 0.29) is 5.56 Å². The zero-order valence-corrected chi connectivity index (χ0v) is 9.81. The summed E-state index contributed by atoms with van der Waals surface area (Å²) in [5, 5.41) is 19.9. The van der Waals surface area contributed by atoms with Crippen LogP contribution in [0.1, 0.15) is 5.56 Å². The molecule has 6 heteroatoms. The lowest BCUT2D eigenvalue weighted by Gasteiger charge is -1.92. The smallest absolute Gasteiger partial charge is 0.376 e. The molecule has 0 saturated heterocycles. The third kappa shape index (κ3) is 2.49. The quantitative estimate of drug-likeness (QED) is 0.503. The van der Waals surface area contributed by atoms with Crippen LogP contribution in [-0.4, -0.2) is 22.0 Å². The van der Waals surface area contributed by atoms with E-state index in [0.29, 0.717) is 11.8 Å². The monoisotopic (exact) mass is 264 g/mol. The number of ketones is 1. The van der Waals surface area contributed by atoms with Crippen molar-refractivity contribution in [2.24, 2.45) is 0 Å². The molecule has 0 aliphatic heterocycles. The zero-order valence-electron chi connectivity index (χ0n) is 8.99. The van der Waals surface area contributed by atoms with E-state index in [1.54, 1.807) is 0 Å². The van der Waals surface area contributed by atoms with Gasteiger partial charge in [0.2, 0.25) is 0 Å². The lowest BCUT2D eigenvalue weighted by Crippen LogP contribution is -2.09. The maximum absolute atomic E-state index is 10.9. The predicted molar refractivity (Wildman–Crippen MR) is 65.3 cm³/mol. The fraction of sp³-hybridized carbons (Fsp3) is 0. The van der Waals surface area contributed by atoms with Gasteiger partial charge in [0.05, 0.1) is 10.4 Å². The molecular weight excluding hydrogens is 256 g/mol. The standard InChI is InChI=1S/C12H8O5S/c13-8(5-9(14)12(15)16)7-4-10(17-6-7)11-2-1-3-18-11/h1-6,13H,(H,15,16). The number of carbonyl (C=O) groups is 2. The van der Waals surface area contributed by atoms with Crippen molar-refractivity contribution >= 4 is 28.8 Å². The first-order chi connectivity index (χ1) is 8.58. The van der Waals surface area contributed by atoms with E-state index in [1.165, 1.54) is 23.7 Å². The van der Waals surface area contributed by atoms with E-state index < -0.39 is 17.5 Å². The molecular formula is C12H8O5S.